The first kappa shape index (κ1) is 25.0. The van der Waals surface area contributed by atoms with E-state index >= 15 is 0 Å². The fourth-order valence-corrected chi connectivity index (χ4v) is 3.91. The molecule has 1 saturated heterocycles. The van der Waals surface area contributed by atoms with Gasteiger partial charge in [-0.15, -0.1) is 0 Å². The number of imide groups is 1. The molecule has 0 unspecified atom stereocenters. The highest BCUT2D eigenvalue weighted by molar-refractivity contribution is 8.18. The fourth-order valence-electron chi connectivity index (χ4n) is 3.08. The maximum absolute atomic E-state index is 12.6. The summed E-state index contributed by atoms with van der Waals surface area (Å²) >= 11 is 0.751. The summed E-state index contributed by atoms with van der Waals surface area (Å²) in [5.41, 5.74) is 3.52. The maximum atomic E-state index is 12.6. The van der Waals surface area contributed by atoms with E-state index in [0.29, 0.717) is 17.0 Å². The van der Waals surface area contributed by atoms with Gasteiger partial charge in [0.15, 0.2) is 6.61 Å². The average Bonchev–Trinajstić information content (AvgIpc) is 3.02. The number of benzene rings is 2. The first-order valence-corrected chi connectivity index (χ1v) is 11.5. The molecule has 9 heteroatoms. The molecule has 0 aromatic heterocycles. The van der Waals surface area contributed by atoms with E-state index in [2.05, 4.69) is 5.32 Å². The molecule has 3 rings (SSSR count). The van der Waals surface area contributed by atoms with E-state index in [-0.39, 0.29) is 23.5 Å². The molecule has 34 heavy (non-hydrogen) atoms. The van der Waals surface area contributed by atoms with Gasteiger partial charge in [0.2, 0.25) is 0 Å². The lowest BCUT2D eigenvalue weighted by atomic mass is 10.1. The van der Waals surface area contributed by atoms with Gasteiger partial charge in [-0.05, 0) is 86.5 Å². The number of hydrogen-bond acceptors (Lipinski definition) is 7. The van der Waals surface area contributed by atoms with Crippen LogP contribution in [0.25, 0.3) is 6.08 Å². The topological polar surface area (TPSA) is 102 Å². The molecule has 0 saturated carbocycles. The normalized spacial score (nSPS) is 14.6. The Kier molecular flexibility index (Phi) is 8.12. The zero-order valence-corrected chi connectivity index (χ0v) is 20.2. The Labute approximate surface area is 202 Å². The van der Waals surface area contributed by atoms with E-state index in [1.807, 2.05) is 32.0 Å². The molecule has 1 heterocycles. The second kappa shape index (κ2) is 11.0. The molecule has 3 amide bonds. The molecule has 2 aromatic rings. The smallest absolute Gasteiger partial charge is 0.326 e. The fraction of sp³-hybridized carbons (Fsp3) is 0.280. The Balaban J connectivity index is 1.60. The van der Waals surface area contributed by atoms with Crippen LogP contribution in [-0.4, -0.2) is 47.2 Å². The number of nitrogens with zero attached hydrogens (tertiary/aromatic N) is 1. The first-order valence-electron chi connectivity index (χ1n) is 10.7. The van der Waals surface area contributed by atoms with Crippen molar-refractivity contribution in [2.45, 2.75) is 33.8 Å². The summed E-state index contributed by atoms with van der Waals surface area (Å²) in [4.78, 5) is 49.9. The van der Waals surface area contributed by atoms with Gasteiger partial charge in [0.1, 0.15) is 12.3 Å². The van der Waals surface area contributed by atoms with Crippen molar-refractivity contribution in [3.05, 3.63) is 64.1 Å². The molecule has 1 N–H and O–H groups in total. The van der Waals surface area contributed by atoms with Crippen LogP contribution in [0.2, 0.25) is 0 Å². The minimum absolute atomic E-state index is 0.187. The molecule has 1 fully saturated rings. The monoisotopic (exact) mass is 482 g/mol. The Hall–Kier alpha value is -3.59. The molecule has 0 bridgehead atoms. The summed E-state index contributed by atoms with van der Waals surface area (Å²) < 4.78 is 10.6. The molecule has 1 aliphatic heterocycles. The van der Waals surface area contributed by atoms with Gasteiger partial charge in [-0.2, -0.15) is 0 Å². The number of esters is 1. The highest BCUT2D eigenvalue weighted by atomic mass is 32.2. The Morgan fingerprint density at radius 3 is 2.56 bits per heavy atom. The van der Waals surface area contributed by atoms with Gasteiger partial charge in [0.25, 0.3) is 17.1 Å². The SMILES string of the molecule is Cc1ccc(NC(=O)COc2cccc(C=C3SC(=O)N(CC(=O)OC(C)C)C3=O)c2)cc1C. The van der Waals surface area contributed by atoms with Crippen molar-refractivity contribution in [3.63, 3.8) is 0 Å². The number of rotatable bonds is 8. The molecular weight excluding hydrogens is 456 g/mol. The number of nitrogens with one attached hydrogen (secondary N) is 1. The van der Waals surface area contributed by atoms with E-state index in [4.69, 9.17) is 9.47 Å². The van der Waals surface area contributed by atoms with Crippen molar-refractivity contribution < 1.29 is 28.7 Å². The van der Waals surface area contributed by atoms with Gasteiger partial charge in [0.05, 0.1) is 11.0 Å². The highest BCUT2D eigenvalue weighted by Gasteiger charge is 2.36. The van der Waals surface area contributed by atoms with Gasteiger partial charge in [0, 0.05) is 5.69 Å². The Morgan fingerprint density at radius 1 is 1.09 bits per heavy atom. The lowest BCUT2D eigenvalue weighted by molar-refractivity contribution is -0.149. The van der Waals surface area contributed by atoms with Crippen molar-refractivity contribution in [2.75, 3.05) is 18.5 Å². The molecule has 0 radical (unpaired) electrons. The van der Waals surface area contributed by atoms with Gasteiger partial charge in [-0.25, -0.2) is 0 Å². The summed E-state index contributed by atoms with van der Waals surface area (Å²) in [7, 11) is 0. The zero-order chi connectivity index (χ0) is 24.8. The lowest BCUT2D eigenvalue weighted by Gasteiger charge is -2.13. The molecule has 2 aromatic carbocycles. The van der Waals surface area contributed by atoms with Crippen LogP contribution >= 0.6 is 11.8 Å². The second-order valence-corrected chi connectivity index (χ2v) is 9.01. The zero-order valence-electron chi connectivity index (χ0n) is 19.4. The molecule has 178 valence electrons. The van der Waals surface area contributed by atoms with Crippen molar-refractivity contribution >= 4 is 46.5 Å². The van der Waals surface area contributed by atoms with Crippen LogP contribution in [0.1, 0.15) is 30.5 Å². The van der Waals surface area contributed by atoms with E-state index in [1.54, 1.807) is 44.2 Å². The van der Waals surface area contributed by atoms with Crippen LogP contribution in [0.4, 0.5) is 10.5 Å². The predicted octanol–water partition coefficient (Wildman–Crippen LogP) is 4.31. The number of hydrogen-bond donors (Lipinski definition) is 1. The lowest BCUT2D eigenvalue weighted by Crippen LogP contribution is -2.35. The average molecular weight is 483 g/mol. The Morgan fingerprint density at radius 2 is 1.85 bits per heavy atom. The quantitative estimate of drug-likeness (QED) is 0.442. The van der Waals surface area contributed by atoms with E-state index < -0.39 is 23.7 Å². The number of amides is 3. The van der Waals surface area contributed by atoms with Gasteiger partial charge >= 0.3 is 5.97 Å². The summed E-state index contributed by atoms with van der Waals surface area (Å²) in [6.07, 6.45) is 1.20. The summed E-state index contributed by atoms with van der Waals surface area (Å²) in [6, 6.07) is 12.5. The molecule has 8 nitrogen and oxygen atoms in total. The van der Waals surface area contributed by atoms with Crippen LogP contribution in [0.3, 0.4) is 0 Å². The summed E-state index contributed by atoms with van der Waals surface area (Å²) in [5.74, 6) is -1.07. The minimum Gasteiger partial charge on any atom is -0.484 e. The molecular formula is C25H26N2O6S. The molecule has 0 spiro atoms. The summed E-state index contributed by atoms with van der Waals surface area (Å²) in [6.45, 7) is 6.72. The molecule has 0 aliphatic carbocycles. The van der Waals surface area contributed by atoms with Crippen LogP contribution in [0.15, 0.2) is 47.4 Å². The van der Waals surface area contributed by atoms with E-state index in [1.165, 1.54) is 0 Å². The van der Waals surface area contributed by atoms with Crippen LogP contribution in [0, 0.1) is 13.8 Å². The predicted molar refractivity (Wildman–Crippen MR) is 130 cm³/mol. The van der Waals surface area contributed by atoms with Crippen LogP contribution < -0.4 is 10.1 Å². The van der Waals surface area contributed by atoms with Crippen LogP contribution in [-0.2, 0) is 19.1 Å². The maximum Gasteiger partial charge on any atom is 0.326 e. The number of thioether (sulfide) groups is 1. The van der Waals surface area contributed by atoms with Gasteiger partial charge in [-0.1, -0.05) is 18.2 Å². The number of anilines is 1. The third-order valence-electron chi connectivity index (χ3n) is 4.84. The van der Waals surface area contributed by atoms with E-state index in [0.717, 1.165) is 27.8 Å². The van der Waals surface area contributed by atoms with Crippen molar-refractivity contribution in [3.8, 4) is 5.75 Å². The van der Waals surface area contributed by atoms with Crippen molar-refractivity contribution in [1.29, 1.82) is 0 Å². The van der Waals surface area contributed by atoms with Crippen molar-refractivity contribution in [1.82, 2.24) is 4.90 Å². The van der Waals surface area contributed by atoms with Gasteiger partial charge in [-0.3, -0.25) is 24.1 Å². The summed E-state index contributed by atoms with van der Waals surface area (Å²) in [5, 5.41) is 2.26. The molecule has 1 aliphatic rings. The second-order valence-electron chi connectivity index (χ2n) is 8.01. The first-order chi connectivity index (χ1) is 16.1. The third kappa shape index (κ3) is 6.71. The Bertz CT molecular complexity index is 1160. The minimum atomic E-state index is -0.645. The number of aryl methyl sites for hydroxylation is 2. The third-order valence-corrected chi connectivity index (χ3v) is 5.75. The standard InChI is InChI=1S/C25H26N2O6S/c1-15(2)33-23(29)13-27-24(30)21(34-25(27)31)12-18-6-5-7-20(11-18)32-14-22(28)26-19-9-8-16(3)17(4)10-19/h5-12,15H,13-14H2,1-4H3,(H,26,28). The number of ether oxygens (including phenoxy) is 2. The number of carbonyl (C=O) groups is 4. The largest absolute Gasteiger partial charge is 0.484 e. The molecule has 0 atom stereocenters. The number of carbonyl (C=O) groups excluding carboxylic acids is 4. The van der Waals surface area contributed by atoms with E-state index in [9.17, 15) is 19.2 Å². The highest BCUT2D eigenvalue weighted by Crippen LogP contribution is 2.32. The van der Waals surface area contributed by atoms with Gasteiger partial charge < -0.3 is 14.8 Å². The van der Waals surface area contributed by atoms with Crippen LogP contribution in [0.5, 0.6) is 5.75 Å². The van der Waals surface area contributed by atoms with Crippen molar-refractivity contribution in [2.24, 2.45) is 0 Å².